The third-order valence-corrected chi connectivity index (χ3v) is 3.24. The van der Waals surface area contributed by atoms with Crippen molar-refractivity contribution in [3.63, 3.8) is 0 Å². The Morgan fingerprint density at radius 2 is 2.12 bits per heavy atom. The molecular formula is C13H26N4. The second kappa shape index (κ2) is 8.25. The first-order chi connectivity index (χ1) is 8.27. The number of aromatic nitrogens is 2. The van der Waals surface area contributed by atoms with Crippen LogP contribution in [0, 0.1) is 0 Å². The SMILES string of the molecule is CCCCCCCC(Cc1nccn1C)NN. The molecule has 1 unspecified atom stereocenters. The second-order valence-electron chi connectivity index (χ2n) is 4.72. The monoisotopic (exact) mass is 238 g/mol. The number of hydrogen-bond donors (Lipinski definition) is 2. The summed E-state index contributed by atoms with van der Waals surface area (Å²) >= 11 is 0. The minimum absolute atomic E-state index is 0.345. The number of aryl methyl sites for hydroxylation is 1. The zero-order chi connectivity index (χ0) is 12.5. The molecule has 1 aromatic rings. The molecule has 1 atom stereocenters. The molecule has 1 rings (SSSR count). The maximum Gasteiger partial charge on any atom is 0.109 e. The van der Waals surface area contributed by atoms with Gasteiger partial charge in [-0.3, -0.25) is 11.3 Å². The third kappa shape index (κ3) is 5.33. The first-order valence-electron chi connectivity index (χ1n) is 6.70. The normalized spacial score (nSPS) is 12.9. The average Bonchev–Trinajstić information content (AvgIpc) is 2.73. The Morgan fingerprint density at radius 1 is 1.35 bits per heavy atom. The summed E-state index contributed by atoms with van der Waals surface area (Å²) in [6.07, 6.45) is 12.4. The lowest BCUT2D eigenvalue weighted by atomic mass is 10.0. The molecule has 0 amide bonds. The van der Waals surface area contributed by atoms with Crippen molar-refractivity contribution >= 4 is 0 Å². The molecule has 4 nitrogen and oxygen atoms in total. The van der Waals surface area contributed by atoms with Gasteiger partial charge in [-0.2, -0.15) is 0 Å². The molecular weight excluding hydrogens is 212 g/mol. The molecule has 3 N–H and O–H groups in total. The van der Waals surface area contributed by atoms with Crippen LogP contribution >= 0.6 is 0 Å². The predicted molar refractivity (Wildman–Crippen MR) is 71.4 cm³/mol. The fourth-order valence-electron chi connectivity index (χ4n) is 2.05. The van der Waals surface area contributed by atoms with Gasteiger partial charge >= 0.3 is 0 Å². The Hall–Kier alpha value is -0.870. The summed E-state index contributed by atoms with van der Waals surface area (Å²) in [5.41, 5.74) is 2.91. The minimum Gasteiger partial charge on any atom is -0.338 e. The Labute approximate surface area is 105 Å². The summed E-state index contributed by atoms with van der Waals surface area (Å²) in [7, 11) is 2.02. The molecule has 98 valence electrons. The first kappa shape index (κ1) is 14.2. The number of imidazole rings is 1. The molecule has 0 spiro atoms. The number of nitrogens with zero attached hydrogens (tertiary/aromatic N) is 2. The van der Waals surface area contributed by atoms with Crippen molar-refractivity contribution in [1.29, 1.82) is 0 Å². The maximum atomic E-state index is 5.59. The lowest BCUT2D eigenvalue weighted by molar-refractivity contribution is 0.450. The van der Waals surface area contributed by atoms with E-state index in [9.17, 15) is 0 Å². The lowest BCUT2D eigenvalue weighted by Gasteiger charge is -2.15. The van der Waals surface area contributed by atoms with Gasteiger partial charge in [-0.1, -0.05) is 39.0 Å². The van der Waals surface area contributed by atoms with Crippen LogP contribution in [-0.4, -0.2) is 15.6 Å². The van der Waals surface area contributed by atoms with Crippen LogP contribution in [0.3, 0.4) is 0 Å². The average molecular weight is 238 g/mol. The number of nitrogens with two attached hydrogens (primary N) is 1. The van der Waals surface area contributed by atoms with Crippen LogP contribution in [0.2, 0.25) is 0 Å². The molecule has 0 saturated carbocycles. The summed E-state index contributed by atoms with van der Waals surface area (Å²) in [4.78, 5) is 4.33. The molecule has 1 aromatic heterocycles. The van der Waals surface area contributed by atoms with Crippen molar-refractivity contribution in [3.8, 4) is 0 Å². The van der Waals surface area contributed by atoms with E-state index in [0.29, 0.717) is 6.04 Å². The van der Waals surface area contributed by atoms with Crippen LogP contribution < -0.4 is 11.3 Å². The largest absolute Gasteiger partial charge is 0.338 e. The zero-order valence-electron chi connectivity index (χ0n) is 11.2. The molecule has 0 fully saturated rings. The van der Waals surface area contributed by atoms with E-state index in [2.05, 4.69) is 21.9 Å². The van der Waals surface area contributed by atoms with Gasteiger partial charge in [0.05, 0.1) is 0 Å². The minimum atomic E-state index is 0.345. The van der Waals surface area contributed by atoms with Crippen LogP contribution in [0.15, 0.2) is 12.4 Å². The third-order valence-electron chi connectivity index (χ3n) is 3.24. The Balaban J connectivity index is 2.22. The number of hydrazine groups is 1. The summed E-state index contributed by atoms with van der Waals surface area (Å²) in [5.74, 6) is 6.69. The van der Waals surface area contributed by atoms with Gasteiger partial charge in [-0.15, -0.1) is 0 Å². The van der Waals surface area contributed by atoms with Crippen molar-refractivity contribution < 1.29 is 0 Å². The second-order valence-corrected chi connectivity index (χ2v) is 4.72. The highest BCUT2D eigenvalue weighted by Crippen LogP contribution is 2.10. The zero-order valence-corrected chi connectivity index (χ0v) is 11.2. The number of rotatable bonds is 9. The standard InChI is InChI=1S/C13H26N4/c1-3-4-5-6-7-8-12(16-14)11-13-15-9-10-17(13)2/h9-10,12,16H,3-8,11,14H2,1-2H3. The van der Waals surface area contributed by atoms with Crippen molar-refractivity contribution in [2.24, 2.45) is 12.9 Å². The van der Waals surface area contributed by atoms with Crippen molar-refractivity contribution in [3.05, 3.63) is 18.2 Å². The summed E-state index contributed by atoms with van der Waals surface area (Å²) < 4.78 is 2.06. The predicted octanol–water partition coefficient (Wildman–Crippen LogP) is 2.16. The first-order valence-corrected chi connectivity index (χ1v) is 6.70. The molecule has 0 aliphatic heterocycles. The highest BCUT2D eigenvalue weighted by atomic mass is 15.2. The molecule has 0 saturated heterocycles. The van der Waals surface area contributed by atoms with E-state index < -0.39 is 0 Å². The quantitative estimate of drug-likeness (QED) is 0.394. The van der Waals surface area contributed by atoms with Gasteiger partial charge in [0, 0.05) is 31.9 Å². The Kier molecular flexibility index (Phi) is 6.89. The van der Waals surface area contributed by atoms with E-state index in [1.54, 1.807) is 0 Å². The van der Waals surface area contributed by atoms with Crippen molar-refractivity contribution in [2.45, 2.75) is 57.9 Å². The molecule has 4 heteroatoms. The molecule has 1 heterocycles. The Morgan fingerprint density at radius 3 is 2.71 bits per heavy atom. The van der Waals surface area contributed by atoms with Crippen LogP contribution in [0.4, 0.5) is 0 Å². The summed E-state index contributed by atoms with van der Waals surface area (Å²) in [6, 6.07) is 0.345. The van der Waals surface area contributed by atoms with Gasteiger partial charge in [-0.05, 0) is 6.42 Å². The highest BCUT2D eigenvalue weighted by molar-refractivity contribution is 4.94. The van der Waals surface area contributed by atoms with Gasteiger partial charge in [0.15, 0.2) is 0 Å². The smallest absolute Gasteiger partial charge is 0.109 e. The van der Waals surface area contributed by atoms with Gasteiger partial charge in [0.25, 0.3) is 0 Å². The topological polar surface area (TPSA) is 55.9 Å². The van der Waals surface area contributed by atoms with E-state index in [0.717, 1.165) is 18.7 Å². The van der Waals surface area contributed by atoms with Crippen LogP contribution in [0.25, 0.3) is 0 Å². The molecule has 0 aromatic carbocycles. The molecule has 0 bridgehead atoms. The van der Waals surface area contributed by atoms with Crippen molar-refractivity contribution in [2.75, 3.05) is 0 Å². The van der Waals surface area contributed by atoms with E-state index in [-0.39, 0.29) is 0 Å². The van der Waals surface area contributed by atoms with Gasteiger partial charge < -0.3 is 4.57 Å². The van der Waals surface area contributed by atoms with Gasteiger partial charge in [-0.25, -0.2) is 4.98 Å². The molecule has 0 radical (unpaired) electrons. The van der Waals surface area contributed by atoms with Crippen LogP contribution in [0.1, 0.15) is 51.3 Å². The molecule has 0 aliphatic rings. The van der Waals surface area contributed by atoms with Gasteiger partial charge in [0.2, 0.25) is 0 Å². The van der Waals surface area contributed by atoms with E-state index in [4.69, 9.17) is 5.84 Å². The molecule has 17 heavy (non-hydrogen) atoms. The number of unbranched alkanes of at least 4 members (excludes halogenated alkanes) is 4. The van der Waals surface area contributed by atoms with E-state index in [1.165, 1.54) is 32.1 Å². The Bertz CT molecular complexity index is 295. The highest BCUT2D eigenvalue weighted by Gasteiger charge is 2.10. The maximum absolute atomic E-state index is 5.59. The summed E-state index contributed by atoms with van der Waals surface area (Å²) in [6.45, 7) is 2.24. The number of hydrogen-bond acceptors (Lipinski definition) is 3. The van der Waals surface area contributed by atoms with Crippen LogP contribution in [-0.2, 0) is 13.5 Å². The molecule has 0 aliphatic carbocycles. The van der Waals surface area contributed by atoms with E-state index in [1.807, 2.05) is 19.4 Å². The lowest BCUT2D eigenvalue weighted by Crippen LogP contribution is -2.37. The fraction of sp³-hybridized carbons (Fsp3) is 0.769. The van der Waals surface area contributed by atoms with E-state index >= 15 is 0 Å². The van der Waals surface area contributed by atoms with Gasteiger partial charge in [0.1, 0.15) is 5.82 Å². The fourth-order valence-corrected chi connectivity index (χ4v) is 2.05. The summed E-state index contributed by atoms with van der Waals surface area (Å²) in [5, 5.41) is 0. The van der Waals surface area contributed by atoms with Crippen LogP contribution in [0.5, 0.6) is 0 Å². The number of nitrogens with one attached hydrogen (secondary N) is 1. The van der Waals surface area contributed by atoms with Crippen molar-refractivity contribution in [1.82, 2.24) is 15.0 Å².